The Hall–Kier alpha value is -1.55. The highest BCUT2D eigenvalue weighted by atomic mass is 16.7. The summed E-state index contributed by atoms with van der Waals surface area (Å²) in [7, 11) is 0. The summed E-state index contributed by atoms with van der Waals surface area (Å²) in [6.07, 6.45) is 9.37. The van der Waals surface area contributed by atoms with Gasteiger partial charge in [0, 0.05) is 25.7 Å². The number of rotatable bonds is 0. The Labute approximate surface area is 231 Å². The molecule has 0 aromatic heterocycles. The molecule has 6 aliphatic rings. The molecule has 0 radical (unpaired) electrons. The van der Waals surface area contributed by atoms with Crippen LogP contribution in [0.5, 0.6) is 0 Å². The van der Waals surface area contributed by atoms with E-state index in [1.54, 1.807) is 13.0 Å². The van der Waals surface area contributed by atoms with Gasteiger partial charge in [-0.1, -0.05) is 38.2 Å². The highest BCUT2D eigenvalue weighted by Gasteiger charge is 2.60. The minimum atomic E-state index is -1.69. The van der Waals surface area contributed by atoms with Crippen molar-refractivity contribution in [3.63, 3.8) is 0 Å². The van der Waals surface area contributed by atoms with E-state index in [1.807, 2.05) is 12.2 Å². The van der Waals surface area contributed by atoms with Crippen molar-refractivity contribution in [3.05, 3.63) is 35.5 Å². The second-order valence-electron chi connectivity index (χ2n) is 13.3. The molecule has 2 N–H and O–H groups in total. The van der Waals surface area contributed by atoms with Gasteiger partial charge in [0.05, 0.1) is 30.5 Å². The van der Waals surface area contributed by atoms with Crippen molar-refractivity contribution in [2.24, 2.45) is 17.8 Å². The van der Waals surface area contributed by atoms with Crippen LogP contribution >= 0.6 is 0 Å². The molecule has 1 aliphatic carbocycles. The van der Waals surface area contributed by atoms with Gasteiger partial charge in [-0.25, -0.2) is 0 Å². The molecular formula is C31H44O8. The van der Waals surface area contributed by atoms with E-state index in [4.69, 9.17) is 23.7 Å². The summed E-state index contributed by atoms with van der Waals surface area (Å²) in [6.45, 7) is 10.5. The number of hydrogen-bond acceptors (Lipinski definition) is 8. The predicted octanol–water partition coefficient (Wildman–Crippen LogP) is 3.75. The van der Waals surface area contributed by atoms with E-state index in [-0.39, 0.29) is 36.4 Å². The third kappa shape index (κ3) is 4.85. The van der Waals surface area contributed by atoms with Crippen molar-refractivity contribution in [3.8, 4) is 0 Å². The van der Waals surface area contributed by atoms with Gasteiger partial charge in [0.1, 0.15) is 29.8 Å². The zero-order valence-corrected chi connectivity index (χ0v) is 23.8. The zero-order valence-electron chi connectivity index (χ0n) is 23.8. The van der Waals surface area contributed by atoms with E-state index in [0.717, 1.165) is 19.3 Å². The first kappa shape index (κ1) is 27.6. The number of ether oxygens (including phenoxy) is 5. The summed E-state index contributed by atoms with van der Waals surface area (Å²) in [5.74, 6) is -1.64. The maximum atomic E-state index is 13.9. The molecule has 8 nitrogen and oxygen atoms in total. The van der Waals surface area contributed by atoms with E-state index in [0.29, 0.717) is 36.3 Å². The lowest BCUT2D eigenvalue weighted by molar-refractivity contribution is -0.333. The van der Waals surface area contributed by atoms with Crippen molar-refractivity contribution in [1.82, 2.24) is 0 Å². The standard InChI is InChI=1S/C31H44O8/c1-17-7-6-8-21-16-35-27-26(32)19(3)11-24(31(21,27)34)28(33)36-23-12-22(13-25-29(5,14-17)39-25)38-30(15-23)10-9-18(2)20(4)37-30/h6-8,11,17-18,20,22-27,32,34H,9-10,12-16H2,1-5H3/b7-6+,21-8+/t17-,18-,20+,22-,23-,24-,25?,26+,27+,29?,30-,31-/m0/s1. The third-order valence-corrected chi connectivity index (χ3v) is 10.2. The lowest BCUT2D eigenvalue weighted by atomic mass is 9.71. The molecule has 0 aromatic carbocycles. The average Bonchev–Trinajstić information content (AvgIpc) is 3.34. The molecule has 216 valence electrons. The van der Waals surface area contributed by atoms with Crippen LogP contribution in [0.15, 0.2) is 35.5 Å². The number of carbonyl (C=O) groups excluding carboxylic acids is 1. The van der Waals surface area contributed by atoms with Gasteiger partial charge in [-0.3, -0.25) is 4.79 Å². The van der Waals surface area contributed by atoms with Gasteiger partial charge in [-0.15, -0.1) is 0 Å². The summed E-state index contributed by atoms with van der Waals surface area (Å²) in [5.41, 5.74) is -0.759. The second kappa shape index (κ2) is 9.78. The molecule has 12 atom stereocenters. The highest BCUT2D eigenvalue weighted by molar-refractivity contribution is 5.78. The molecule has 0 aromatic rings. The fraction of sp³-hybridized carbons (Fsp3) is 0.774. The van der Waals surface area contributed by atoms with E-state index in [9.17, 15) is 15.0 Å². The molecule has 0 amide bonds. The number of aliphatic hydroxyl groups excluding tert-OH is 1. The summed E-state index contributed by atoms with van der Waals surface area (Å²) in [6, 6.07) is 0. The van der Waals surface area contributed by atoms with Gasteiger partial charge in [-0.05, 0) is 56.6 Å². The zero-order chi connectivity index (χ0) is 27.7. The summed E-state index contributed by atoms with van der Waals surface area (Å²) in [5, 5.41) is 22.9. The first-order valence-corrected chi connectivity index (χ1v) is 14.7. The monoisotopic (exact) mass is 544 g/mol. The molecule has 5 aliphatic heterocycles. The first-order chi connectivity index (χ1) is 18.4. The van der Waals surface area contributed by atoms with E-state index < -0.39 is 41.6 Å². The van der Waals surface area contributed by atoms with E-state index >= 15 is 0 Å². The van der Waals surface area contributed by atoms with Gasteiger partial charge < -0.3 is 33.9 Å². The van der Waals surface area contributed by atoms with Crippen LogP contribution in [0.3, 0.4) is 0 Å². The van der Waals surface area contributed by atoms with Gasteiger partial charge in [0.2, 0.25) is 0 Å². The number of esters is 1. The van der Waals surface area contributed by atoms with Crippen LogP contribution in [0, 0.1) is 17.8 Å². The van der Waals surface area contributed by atoms with Gasteiger partial charge in [-0.2, -0.15) is 0 Å². The molecule has 1 spiro atoms. The molecule has 8 heteroatoms. The summed E-state index contributed by atoms with van der Waals surface area (Å²) < 4.78 is 31.5. The van der Waals surface area contributed by atoms with Crippen LogP contribution in [0.25, 0.3) is 0 Å². The Kier molecular flexibility index (Phi) is 6.92. The molecular weight excluding hydrogens is 500 g/mol. The number of epoxide rings is 1. The third-order valence-electron chi connectivity index (χ3n) is 10.2. The van der Waals surface area contributed by atoms with Crippen LogP contribution in [-0.4, -0.2) is 76.4 Å². The van der Waals surface area contributed by atoms with Crippen molar-refractivity contribution in [2.75, 3.05) is 6.61 Å². The maximum absolute atomic E-state index is 13.9. The lowest BCUT2D eigenvalue weighted by Crippen LogP contribution is -2.58. The molecule has 2 unspecified atom stereocenters. The van der Waals surface area contributed by atoms with Crippen molar-refractivity contribution < 1.29 is 38.7 Å². The Balaban J connectivity index is 1.36. The normalized spacial score (nSPS) is 54.0. The smallest absolute Gasteiger partial charge is 0.316 e. The second-order valence-corrected chi connectivity index (χ2v) is 13.3. The van der Waals surface area contributed by atoms with Crippen LogP contribution in [-0.2, 0) is 28.5 Å². The van der Waals surface area contributed by atoms with Gasteiger partial charge in [0.15, 0.2) is 5.79 Å². The SMILES string of the molecule is CC1=C[C@H]2C(=O)O[C@H]3C[C@@H](CC4OC4(C)C[C@@H](C)/C=C/C=C4\CO[C@H]([C@@H]1O)[C@]42O)O[C@@]1(CC[C@H](C)[C@@H](C)O1)C3. The summed E-state index contributed by atoms with van der Waals surface area (Å²) >= 11 is 0. The Bertz CT molecular complexity index is 1080. The molecule has 4 fully saturated rings. The van der Waals surface area contributed by atoms with E-state index in [1.165, 1.54) is 0 Å². The average molecular weight is 545 g/mol. The van der Waals surface area contributed by atoms with Gasteiger partial charge >= 0.3 is 5.97 Å². The first-order valence-electron chi connectivity index (χ1n) is 14.7. The van der Waals surface area contributed by atoms with Crippen LogP contribution < -0.4 is 0 Å². The number of hydrogen-bond donors (Lipinski definition) is 2. The van der Waals surface area contributed by atoms with Crippen LogP contribution in [0.1, 0.15) is 73.1 Å². The summed E-state index contributed by atoms with van der Waals surface area (Å²) in [4.78, 5) is 13.9. The molecule has 5 heterocycles. The molecule has 4 saturated heterocycles. The van der Waals surface area contributed by atoms with Crippen molar-refractivity contribution in [1.29, 1.82) is 0 Å². The highest BCUT2D eigenvalue weighted by Crippen LogP contribution is 2.50. The maximum Gasteiger partial charge on any atom is 0.316 e. The van der Waals surface area contributed by atoms with Crippen LogP contribution in [0.4, 0.5) is 0 Å². The Morgan fingerprint density at radius 1 is 1.05 bits per heavy atom. The topological polar surface area (TPSA) is 107 Å². The number of allylic oxidation sites excluding steroid dienone is 3. The minimum Gasteiger partial charge on any atom is -0.462 e. The Morgan fingerprint density at radius 3 is 2.62 bits per heavy atom. The quantitative estimate of drug-likeness (QED) is 0.270. The molecule has 2 bridgehead atoms. The van der Waals surface area contributed by atoms with Gasteiger partial charge in [0.25, 0.3) is 0 Å². The van der Waals surface area contributed by atoms with Crippen molar-refractivity contribution in [2.45, 2.75) is 127 Å². The predicted molar refractivity (Wildman–Crippen MR) is 143 cm³/mol. The molecule has 0 saturated carbocycles. The largest absolute Gasteiger partial charge is 0.462 e. The Morgan fingerprint density at radius 2 is 1.85 bits per heavy atom. The number of fused-ring (bicyclic) bond motifs is 3. The van der Waals surface area contributed by atoms with E-state index in [2.05, 4.69) is 33.8 Å². The number of carbonyl (C=O) groups is 1. The fourth-order valence-corrected chi connectivity index (χ4v) is 7.57. The molecule has 39 heavy (non-hydrogen) atoms. The van der Waals surface area contributed by atoms with Crippen LogP contribution in [0.2, 0.25) is 0 Å². The van der Waals surface area contributed by atoms with Crippen molar-refractivity contribution >= 4 is 5.97 Å². The minimum absolute atomic E-state index is 0.0389. The lowest BCUT2D eigenvalue weighted by Gasteiger charge is -2.49. The molecule has 6 rings (SSSR count). The fourth-order valence-electron chi connectivity index (χ4n) is 7.57. The number of aliphatic hydroxyl groups is 2.